The fourth-order valence-corrected chi connectivity index (χ4v) is 7.01. The van der Waals surface area contributed by atoms with Gasteiger partial charge in [0, 0.05) is 6.42 Å². The van der Waals surface area contributed by atoms with Gasteiger partial charge in [0.2, 0.25) is 0 Å². The van der Waals surface area contributed by atoms with E-state index >= 15 is 0 Å². The van der Waals surface area contributed by atoms with Crippen LogP contribution in [0.3, 0.4) is 0 Å². The van der Waals surface area contributed by atoms with E-state index in [0.29, 0.717) is 23.0 Å². The van der Waals surface area contributed by atoms with E-state index in [0.717, 1.165) is 37.0 Å². The van der Waals surface area contributed by atoms with Crippen LogP contribution in [0.5, 0.6) is 0 Å². The number of hydrogen-bond donors (Lipinski definition) is 1. The number of ketones is 1. The molecule has 2 nitrogen and oxygen atoms in total. The van der Waals surface area contributed by atoms with Crippen molar-refractivity contribution in [1.29, 1.82) is 0 Å². The summed E-state index contributed by atoms with van der Waals surface area (Å²) in [6, 6.07) is 0. The summed E-state index contributed by atoms with van der Waals surface area (Å²) in [5.74, 6) is 4.04. The van der Waals surface area contributed by atoms with Crippen molar-refractivity contribution in [2.24, 2.45) is 35.0 Å². The molecule has 0 spiro atoms. The number of aliphatic hydroxyl groups excluding tert-OH is 1. The zero-order valence-electron chi connectivity index (χ0n) is 14.1. The lowest BCUT2D eigenvalue weighted by Crippen LogP contribution is -2.47. The Morgan fingerprint density at radius 1 is 1.14 bits per heavy atom. The Hall–Kier alpha value is -0.630. The Kier molecular flexibility index (Phi) is 3.52. The second-order valence-electron chi connectivity index (χ2n) is 8.77. The Morgan fingerprint density at radius 2 is 1.95 bits per heavy atom. The monoisotopic (exact) mass is 302 g/mol. The van der Waals surface area contributed by atoms with Crippen LogP contribution >= 0.6 is 0 Å². The van der Waals surface area contributed by atoms with Gasteiger partial charge in [0.25, 0.3) is 0 Å². The van der Waals surface area contributed by atoms with E-state index < -0.39 is 0 Å². The highest BCUT2D eigenvalue weighted by Gasteiger charge is 2.56. The molecule has 0 aliphatic heterocycles. The first kappa shape index (κ1) is 14.9. The predicted octanol–water partition coefficient (Wildman–Crippen LogP) is 4.13. The van der Waals surface area contributed by atoms with Crippen LogP contribution in [-0.4, -0.2) is 17.0 Å². The van der Waals surface area contributed by atoms with E-state index in [1.165, 1.54) is 37.7 Å². The Labute approximate surface area is 134 Å². The Bertz CT molecular complexity index is 506. The first-order chi connectivity index (χ1) is 10.5. The summed E-state index contributed by atoms with van der Waals surface area (Å²) in [7, 11) is 0. The van der Waals surface area contributed by atoms with Crippen LogP contribution in [0.2, 0.25) is 0 Å². The van der Waals surface area contributed by atoms with Crippen molar-refractivity contribution in [3.63, 3.8) is 0 Å². The Morgan fingerprint density at radius 3 is 2.73 bits per heavy atom. The molecule has 0 bridgehead atoms. The van der Waals surface area contributed by atoms with Crippen molar-refractivity contribution in [2.45, 2.75) is 71.3 Å². The fourth-order valence-electron chi connectivity index (χ4n) is 7.01. The summed E-state index contributed by atoms with van der Waals surface area (Å²) in [5.41, 5.74) is 1.84. The van der Waals surface area contributed by atoms with Crippen molar-refractivity contribution in [1.82, 2.24) is 0 Å². The third-order valence-electron chi connectivity index (χ3n) is 7.96. The zero-order valence-corrected chi connectivity index (χ0v) is 14.1. The molecule has 4 aliphatic rings. The van der Waals surface area contributed by atoms with Gasteiger partial charge in [-0.3, -0.25) is 4.79 Å². The largest absolute Gasteiger partial charge is 0.393 e. The van der Waals surface area contributed by atoms with Gasteiger partial charge in [0.15, 0.2) is 5.78 Å². The summed E-state index contributed by atoms with van der Waals surface area (Å²) in [4.78, 5) is 11.7. The number of carbonyl (C=O) groups is 1. The molecule has 0 aromatic carbocycles. The molecule has 0 saturated heterocycles. The van der Waals surface area contributed by atoms with Crippen molar-refractivity contribution >= 4 is 5.78 Å². The van der Waals surface area contributed by atoms with E-state index in [1.807, 2.05) is 13.0 Å². The van der Waals surface area contributed by atoms with Gasteiger partial charge in [-0.15, -0.1) is 0 Å². The lowest BCUT2D eigenvalue weighted by atomic mass is 9.51. The molecular formula is C20H30O2. The van der Waals surface area contributed by atoms with Gasteiger partial charge in [-0.1, -0.05) is 12.5 Å². The number of allylic oxidation sites excluding steroid dienone is 1. The first-order valence-electron chi connectivity index (χ1n) is 9.42. The quantitative estimate of drug-likeness (QED) is 0.791. The molecule has 2 heteroatoms. The summed E-state index contributed by atoms with van der Waals surface area (Å²) in [5, 5.41) is 10.2. The molecule has 0 unspecified atom stereocenters. The molecule has 3 saturated carbocycles. The minimum absolute atomic E-state index is 0.155. The van der Waals surface area contributed by atoms with Gasteiger partial charge in [0.1, 0.15) is 0 Å². The molecule has 4 rings (SSSR count). The van der Waals surface area contributed by atoms with Crippen LogP contribution in [0.1, 0.15) is 65.2 Å². The molecule has 0 radical (unpaired) electrons. The van der Waals surface area contributed by atoms with Gasteiger partial charge < -0.3 is 5.11 Å². The minimum Gasteiger partial charge on any atom is -0.393 e. The number of hydrogen-bond acceptors (Lipinski definition) is 2. The van der Waals surface area contributed by atoms with Crippen LogP contribution in [0.15, 0.2) is 11.6 Å². The van der Waals surface area contributed by atoms with Crippen LogP contribution in [0, 0.1) is 35.0 Å². The second kappa shape index (κ2) is 5.19. The average Bonchev–Trinajstić information content (AvgIpc) is 2.84. The predicted molar refractivity (Wildman–Crippen MR) is 87.3 cm³/mol. The van der Waals surface area contributed by atoms with Crippen LogP contribution in [0.25, 0.3) is 0 Å². The van der Waals surface area contributed by atoms with Gasteiger partial charge >= 0.3 is 0 Å². The highest BCUT2D eigenvalue weighted by Crippen LogP contribution is 2.64. The third-order valence-corrected chi connectivity index (χ3v) is 7.96. The third kappa shape index (κ3) is 2.06. The van der Waals surface area contributed by atoms with Gasteiger partial charge in [-0.25, -0.2) is 0 Å². The highest BCUT2D eigenvalue weighted by atomic mass is 16.3. The van der Waals surface area contributed by atoms with E-state index in [-0.39, 0.29) is 6.10 Å². The summed E-state index contributed by atoms with van der Waals surface area (Å²) < 4.78 is 0. The topological polar surface area (TPSA) is 37.3 Å². The molecule has 3 fully saturated rings. The molecule has 0 aromatic heterocycles. The zero-order chi connectivity index (χ0) is 15.5. The maximum atomic E-state index is 11.7. The van der Waals surface area contributed by atoms with Crippen LogP contribution in [0.4, 0.5) is 0 Å². The maximum absolute atomic E-state index is 11.7. The smallest absolute Gasteiger partial charge is 0.155 e. The standard InChI is InChI=1S/C20H30O2/c1-12(21)18-7-8-19-17-5-3-13-11-14(22)4-6-15(13)16(17)9-10-20(18,19)2/h11-12,15-19,21H,3-10H2,1-2H3/t12-,15+,16-,17-,18+,19-,20-/m1/s1. The van der Waals surface area contributed by atoms with Gasteiger partial charge in [-0.05, 0) is 93.0 Å². The lowest BCUT2D eigenvalue weighted by molar-refractivity contribution is -0.116. The van der Waals surface area contributed by atoms with Crippen molar-refractivity contribution in [2.75, 3.05) is 0 Å². The normalized spacial score (nSPS) is 49.0. The number of carbonyl (C=O) groups excluding carboxylic acids is 1. The highest BCUT2D eigenvalue weighted by molar-refractivity contribution is 5.91. The molecule has 22 heavy (non-hydrogen) atoms. The lowest BCUT2D eigenvalue weighted by Gasteiger charge is -2.54. The van der Waals surface area contributed by atoms with Crippen LogP contribution < -0.4 is 0 Å². The Balaban J connectivity index is 1.61. The van der Waals surface area contributed by atoms with E-state index in [1.54, 1.807) is 0 Å². The number of fused-ring (bicyclic) bond motifs is 5. The molecular weight excluding hydrogens is 272 g/mol. The van der Waals surface area contributed by atoms with E-state index in [4.69, 9.17) is 0 Å². The molecule has 7 atom stereocenters. The minimum atomic E-state index is -0.155. The molecule has 0 heterocycles. The number of aliphatic hydroxyl groups is 1. The summed E-state index contributed by atoms with van der Waals surface area (Å²) in [6.07, 6.45) is 11.3. The molecule has 0 aromatic rings. The summed E-state index contributed by atoms with van der Waals surface area (Å²) in [6.45, 7) is 4.47. The van der Waals surface area contributed by atoms with Crippen molar-refractivity contribution in [3.05, 3.63) is 11.6 Å². The van der Waals surface area contributed by atoms with Crippen LogP contribution in [-0.2, 0) is 4.79 Å². The van der Waals surface area contributed by atoms with Crippen molar-refractivity contribution < 1.29 is 9.90 Å². The summed E-state index contributed by atoms with van der Waals surface area (Å²) >= 11 is 0. The van der Waals surface area contributed by atoms with Gasteiger partial charge in [-0.2, -0.15) is 0 Å². The maximum Gasteiger partial charge on any atom is 0.155 e. The fraction of sp³-hybridized carbons (Fsp3) is 0.850. The van der Waals surface area contributed by atoms with E-state index in [9.17, 15) is 9.90 Å². The molecule has 1 N–H and O–H groups in total. The molecule has 4 aliphatic carbocycles. The first-order valence-corrected chi connectivity index (χ1v) is 9.42. The average molecular weight is 302 g/mol. The number of rotatable bonds is 1. The molecule has 122 valence electrons. The van der Waals surface area contributed by atoms with E-state index in [2.05, 4.69) is 6.92 Å². The van der Waals surface area contributed by atoms with Crippen molar-refractivity contribution in [3.8, 4) is 0 Å². The molecule has 0 amide bonds. The van der Waals surface area contributed by atoms with Gasteiger partial charge in [0.05, 0.1) is 6.10 Å². The SMILES string of the molecule is C[C@@H](O)[C@@H]1CC[C@@H]2[C@@H]3CCC4=CC(=O)CC[C@@H]4[C@H]3CC[C@@]21C. The second-order valence-corrected chi connectivity index (χ2v) is 8.77.